The first kappa shape index (κ1) is 8.45. The molecule has 0 bridgehead atoms. The number of ether oxygens (including phenoxy) is 1. The fraction of sp³-hybridized carbons (Fsp3) is 0.364. The van der Waals surface area contributed by atoms with Crippen LogP contribution in [0, 0.1) is 5.41 Å². The molecule has 1 aromatic carbocycles. The zero-order chi connectivity index (χ0) is 9.26. The predicted molar refractivity (Wildman–Crippen MR) is 52.4 cm³/mol. The van der Waals surface area contributed by atoms with E-state index >= 15 is 0 Å². The van der Waals surface area contributed by atoms with E-state index in [0.717, 1.165) is 18.4 Å². The molecule has 0 spiro atoms. The number of rotatable bonds is 2. The Kier molecular flexibility index (Phi) is 2.15. The van der Waals surface area contributed by atoms with E-state index in [0.29, 0.717) is 0 Å². The lowest BCUT2D eigenvalue weighted by Crippen LogP contribution is -1.95. The van der Waals surface area contributed by atoms with Gasteiger partial charge in [-0.3, -0.25) is 0 Å². The van der Waals surface area contributed by atoms with E-state index in [9.17, 15) is 0 Å². The molecule has 2 nitrogen and oxygen atoms in total. The lowest BCUT2D eigenvalue weighted by Gasteiger charge is -2.08. The van der Waals surface area contributed by atoms with Crippen molar-refractivity contribution in [2.24, 2.45) is 0 Å². The summed E-state index contributed by atoms with van der Waals surface area (Å²) in [4.78, 5) is 0. The minimum absolute atomic E-state index is 0.273. The van der Waals surface area contributed by atoms with E-state index < -0.39 is 0 Å². The van der Waals surface area contributed by atoms with E-state index in [4.69, 9.17) is 10.1 Å². The van der Waals surface area contributed by atoms with Crippen molar-refractivity contribution in [1.82, 2.24) is 0 Å². The topological polar surface area (TPSA) is 33.1 Å². The van der Waals surface area contributed by atoms with Crippen LogP contribution >= 0.6 is 0 Å². The van der Waals surface area contributed by atoms with Crippen LogP contribution in [-0.4, -0.2) is 13.3 Å². The maximum atomic E-state index is 7.15. The second kappa shape index (κ2) is 3.30. The largest absolute Gasteiger partial charge is 0.377 e. The zero-order valence-electron chi connectivity index (χ0n) is 7.71. The van der Waals surface area contributed by atoms with Gasteiger partial charge in [-0.1, -0.05) is 12.1 Å². The molecule has 0 saturated carbocycles. The molecule has 1 atom stereocenters. The second-order valence-electron chi connectivity index (χ2n) is 3.37. The van der Waals surface area contributed by atoms with Gasteiger partial charge in [0.1, 0.15) is 0 Å². The molecule has 0 aromatic heterocycles. The minimum atomic E-state index is 0.273. The third-order valence-electron chi connectivity index (χ3n) is 2.64. The molecule has 0 fully saturated rings. The van der Waals surface area contributed by atoms with E-state index in [2.05, 4.69) is 12.1 Å². The lowest BCUT2D eigenvalue weighted by atomic mass is 10.1. The third-order valence-corrected chi connectivity index (χ3v) is 2.64. The highest BCUT2D eigenvalue weighted by Crippen LogP contribution is 2.33. The number of hydrogen-bond acceptors (Lipinski definition) is 2. The molecule has 1 unspecified atom stereocenters. The number of hydrogen-bond donors (Lipinski definition) is 1. The average molecular weight is 175 g/mol. The Balaban J connectivity index is 2.40. The van der Waals surface area contributed by atoms with Crippen molar-refractivity contribution >= 4 is 6.21 Å². The molecule has 0 radical (unpaired) electrons. The molecule has 1 aliphatic carbocycles. The Bertz CT molecular complexity index is 333. The van der Waals surface area contributed by atoms with Crippen LogP contribution in [0.15, 0.2) is 18.2 Å². The fourth-order valence-corrected chi connectivity index (χ4v) is 1.93. The summed E-state index contributed by atoms with van der Waals surface area (Å²) >= 11 is 0. The van der Waals surface area contributed by atoms with Crippen LogP contribution in [-0.2, 0) is 11.2 Å². The number of methoxy groups -OCH3 is 1. The van der Waals surface area contributed by atoms with Gasteiger partial charge >= 0.3 is 0 Å². The van der Waals surface area contributed by atoms with Gasteiger partial charge in [0.15, 0.2) is 0 Å². The van der Waals surface area contributed by atoms with Crippen LogP contribution in [0.5, 0.6) is 0 Å². The smallest absolute Gasteiger partial charge is 0.0827 e. The first-order chi connectivity index (χ1) is 6.35. The van der Waals surface area contributed by atoms with Crippen molar-refractivity contribution in [3.05, 3.63) is 34.9 Å². The normalized spacial score (nSPS) is 19.9. The minimum Gasteiger partial charge on any atom is -0.377 e. The summed E-state index contributed by atoms with van der Waals surface area (Å²) in [6.45, 7) is 0. The van der Waals surface area contributed by atoms with Gasteiger partial charge in [-0.25, -0.2) is 0 Å². The number of fused-ring (bicyclic) bond motifs is 1. The Hall–Kier alpha value is -1.15. The molecule has 1 aliphatic rings. The summed E-state index contributed by atoms with van der Waals surface area (Å²) in [5.74, 6) is 0. The molecule has 0 saturated heterocycles. The van der Waals surface area contributed by atoms with Gasteiger partial charge < -0.3 is 10.1 Å². The van der Waals surface area contributed by atoms with Crippen molar-refractivity contribution in [3.8, 4) is 0 Å². The Morgan fingerprint density at radius 2 is 2.38 bits per heavy atom. The monoisotopic (exact) mass is 175 g/mol. The van der Waals surface area contributed by atoms with Gasteiger partial charge in [0.2, 0.25) is 0 Å². The second-order valence-corrected chi connectivity index (χ2v) is 3.37. The Labute approximate surface area is 78.0 Å². The molecule has 2 rings (SSSR count). The highest BCUT2D eigenvalue weighted by atomic mass is 16.5. The van der Waals surface area contributed by atoms with Crippen LogP contribution < -0.4 is 0 Å². The molecule has 1 aromatic rings. The summed E-state index contributed by atoms with van der Waals surface area (Å²) in [6.07, 6.45) is 3.82. The number of aryl methyl sites for hydroxylation is 1. The van der Waals surface area contributed by atoms with Crippen molar-refractivity contribution in [2.75, 3.05) is 7.11 Å². The van der Waals surface area contributed by atoms with Crippen molar-refractivity contribution < 1.29 is 4.74 Å². The molecular weight excluding hydrogens is 162 g/mol. The summed E-state index contributed by atoms with van der Waals surface area (Å²) in [5.41, 5.74) is 3.62. The molecular formula is C11H13NO. The van der Waals surface area contributed by atoms with Gasteiger partial charge in [-0.05, 0) is 35.6 Å². The zero-order valence-corrected chi connectivity index (χ0v) is 7.71. The van der Waals surface area contributed by atoms with Gasteiger partial charge in [-0.15, -0.1) is 0 Å². The molecule has 0 aliphatic heterocycles. The number of nitrogens with one attached hydrogen (secondary N) is 1. The quantitative estimate of drug-likeness (QED) is 0.687. The van der Waals surface area contributed by atoms with Gasteiger partial charge in [0.25, 0.3) is 0 Å². The molecule has 2 heteroatoms. The van der Waals surface area contributed by atoms with Crippen LogP contribution in [0.25, 0.3) is 0 Å². The van der Waals surface area contributed by atoms with E-state index in [-0.39, 0.29) is 6.10 Å². The summed E-state index contributed by atoms with van der Waals surface area (Å²) in [6, 6.07) is 6.14. The Morgan fingerprint density at radius 1 is 1.54 bits per heavy atom. The highest BCUT2D eigenvalue weighted by Gasteiger charge is 2.21. The molecule has 13 heavy (non-hydrogen) atoms. The number of benzene rings is 1. The van der Waals surface area contributed by atoms with E-state index in [1.165, 1.54) is 17.3 Å². The van der Waals surface area contributed by atoms with Crippen LogP contribution in [0.2, 0.25) is 0 Å². The maximum absolute atomic E-state index is 7.15. The van der Waals surface area contributed by atoms with Gasteiger partial charge in [0, 0.05) is 13.3 Å². The van der Waals surface area contributed by atoms with Crippen LogP contribution in [0.4, 0.5) is 0 Å². The van der Waals surface area contributed by atoms with Gasteiger partial charge in [0.05, 0.1) is 6.10 Å². The average Bonchev–Trinajstić information content (AvgIpc) is 2.59. The molecule has 68 valence electrons. The van der Waals surface area contributed by atoms with Crippen molar-refractivity contribution in [2.45, 2.75) is 18.9 Å². The highest BCUT2D eigenvalue weighted by molar-refractivity contribution is 5.77. The fourth-order valence-electron chi connectivity index (χ4n) is 1.93. The predicted octanol–water partition coefficient (Wildman–Crippen LogP) is 2.32. The molecule has 1 N–H and O–H groups in total. The summed E-state index contributed by atoms with van der Waals surface area (Å²) in [5, 5.41) is 7.15. The third kappa shape index (κ3) is 1.38. The van der Waals surface area contributed by atoms with Gasteiger partial charge in [-0.2, -0.15) is 0 Å². The van der Waals surface area contributed by atoms with E-state index in [1.807, 2.05) is 6.07 Å². The maximum Gasteiger partial charge on any atom is 0.0827 e. The molecule has 0 heterocycles. The summed E-state index contributed by atoms with van der Waals surface area (Å²) < 4.78 is 5.35. The Morgan fingerprint density at radius 3 is 3.08 bits per heavy atom. The molecule has 0 amide bonds. The van der Waals surface area contributed by atoms with Crippen molar-refractivity contribution in [1.29, 1.82) is 5.41 Å². The van der Waals surface area contributed by atoms with E-state index in [1.54, 1.807) is 7.11 Å². The first-order valence-electron chi connectivity index (χ1n) is 4.51. The first-order valence-corrected chi connectivity index (χ1v) is 4.51. The SMILES string of the molecule is COC1CCc2cc(C=N)ccc21. The lowest BCUT2D eigenvalue weighted by molar-refractivity contribution is 0.105. The standard InChI is InChI=1S/C11H13NO/c1-13-11-5-3-9-6-8(7-12)2-4-10(9)11/h2,4,6-7,11-12H,3,5H2,1H3. The van der Waals surface area contributed by atoms with Crippen LogP contribution in [0.1, 0.15) is 29.2 Å². The van der Waals surface area contributed by atoms with Crippen LogP contribution in [0.3, 0.4) is 0 Å². The summed E-state index contributed by atoms with van der Waals surface area (Å²) in [7, 11) is 1.75. The van der Waals surface area contributed by atoms with Crippen molar-refractivity contribution in [3.63, 3.8) is 0 Å².